The summed E-state index contributed by atoms with van der Waals surface area (Å²) in [5, 5.41) is 19.1. The summed E-state index contributed by atoms with van der Waals surface area (Å²) < 4.78 is 16.0. The summed E-state index contributed by atoms with van der Waals surface area (Å²) in [6.45, 7) is 8.62. The minimum absolute atomic E-state index is 0.0897. The van der Waals surface area contributed by atoms with E-state index >= 15 is 0 Å². The lowest BCUT2D eigenvalue weighted by atomic mass is 9.99. The van der Waals surface area contributed by atoms with Crippen LogP contribution in [0.4, 0.5) is 4.79 Å². The lowest BCUT2D eigenvalue weighted by Gasteiger charge is -2.21. The van der Waals surface area contributed by atoms with Crippen molar-refractivity contribution < 1.29 is 29.2 Å². The molecule has 6 nitrogen and oxygen atoms in total. The smallest absolute Gasteiger partial charge is 0.504 e. The second kappa shape index (κ2) is 8.36. The second-order valence-corrected chi connectivity index (χ2v) is 5.18. The Morgan fingerprint density at radius 1 is 1.14 bits per heavy atom. The molecule has 1 aromatic carbocycles. The van der Waals surface area contributed by atoms with Crippen LogP contribution in [0.2, 0.25) is 0 Å². The summed E-state index contributed by atoms with van der Waals surface area (Å²) in [7, 11) is 0. The van der Waals surface area contributed by atoms with Gasteiger partial charge in [-0.1, -0.05) is 27.7 Å². The first-order chi connectivity index (χ1) is 10.4. The molecule has 0 spiro atoms. The molecular weight excluding hydrogens is 288 g/mol. The van der Waals surface area contributed by atoms with Crippen molar-refractivity contribution in [2.45, 2.75) is 46.5 Å². The van der Waals surface area contributed by atoms with Crippen LogP contribution in [0.3, 0.4) is 0 Å². The van der Waals surface area contributed by atoms with Gasteiger partial charge in [0.05, 0.1) is 13.2 Å². The monoisotopic (exact) mass is 312 g/mol. The van der Waals surface area contributed by atoms with Crippen LogP contribution in [0, 0.1) is 0 Å². The Bertz CT molecular complexity index is 510. The first-order valence-corrected chi connectivity index (χ1v) is 7.48. The van der Waals surface area contributed by atoms with Crippen LogP contribution in [-0.2, 0) is 0 Å². The molecule has 0 aliphatic rings. The van der Waals surface area contributed by atoms with Crippen molar-refractivity contribution in [1.82, 2.24) is 0 Å². The third-order valence-electron chi connectivity index (χ3n) is 2.91. The number of benzene rings is 1. The third kappa shape index (κ3) is 4.44. The molecule has 0 saturated carbocycles. The summed E-state index contributed by atoms with van der Waals surface area (Å²) in [4.78, 5) is 10.8. The molecule has 22 heavy (non-hydrogen) atoms. The van der Waals surface area contributed by atoms with E-state index in [1.807, 2.05) is 27.7 Å². The summed E-state index contributed by atoms with van der Waals surface area (Å²) in [6.07, 6.45) is 0.104. The molecule has 1 aromatic rings. The van der Waals surface area contributed by atoms with Gasteiger partial charge in [-0.05, 0) is 18.8 Å². The highest BCUT2D eigenvalue weighted by atomic mass is 16.7. The van der Waals surface area contributed by atoms with Gasteiger partial charge < -0.3 is 24.4 Å². The molecule has 0 heterocycles. The van der Waals surface area contributed by atoms with Crippen LogP contribution < -0.4 is 14.2 Å². The molecule has 0 amide bonds. The third-order valence-corrected chi connectivity index (χ3v) is 2.91. The fraction of sp³-hybridized carbons (Fsp3) is 0.562. The molecule has 0 bridgehead atoms. The van der Waals surface area contributed by atoms with E-state index in [-0.39, 0.29) is 17.4 Å². The molecule has 0 aliphatic heterocycles. The molecule has 0 saturated heterocycles. The predicted octanol–water partition coefficient (Wildman–Crippen LogP) is 4.15. The number of ether oxygens (including phenoxy) is 3. The molecule has 124 valence electrons. The van der Waals surface area contributed by atoms with Crippen molar-refractivity contribution in [3.63, 3.8) is 0 Å². The molecule has 6 heteroatoms. The SMILES string of the molecule is CCCOc1cc(OC(=O)O)c(O)c(C(C)C)c1OCCC. The Morgan fingerprint density at radius 3 is 2.23 bits per heavy atom. The normalized spacial score (nSPS) is 10.6. The Hall–Kier alpha value is -2.11. The number of phenolic OH excluding ortho intramolecular Hbond substituents is 1. The maximum atomic E-state index is 10.8. The van der Waals surface area contributed by atoms with E-state index in [2.05, 4.69) is 4.74 Å². The average molecular weight is 312 g/mol. The highest BCUT2D eigenvalue weighted by molar-refractivity contribution is 5.68. The molecule has 0 aliphatic carbocycles. The lowest BCUT2D eigenvalue weighted by molar-refractivity contribution is 0.142. The maximum absolute atomic E-state index is 10.8. The van der Waals surface area contributed by atoms with E-state index in [0.717, 1.165) is 12.8 Å². The summed E-state index contributed by atoms with van der Waals surface area (Å²) >= 11 is 0. The number of hydrogen-bond donors (Lipinski definition) is 2. The summed E-state index contributed by atoms with van der Waals surface area (Å²) in [5.41, 5.74) is 0.485. The van der Waals surface area contributed by atoms with E-state index in [9.17, 15) is 9.90 Å². The van der Waals surface area contributed by atoms with Crippen molar-refractivity contribution in [2.24, 2.45) is 0 Å². The number of hydrogen-bond acceptors (Lipinski definition) is 5. The highest BCUT2D eigenvalue weighted by Gasteiger charge is 2.24. The number of rotatable bonds is 8. The van der Waals surface area contributed by atoms with Gasteiger partial charge in [-0.25, -0.2) is 4.79 Å². The van der Waals surface area contributed by atoms with E-state index in [0.29, 0.717) is 30.3 Å². The fourth-order valence-corrected chi connectivity index (χ4v) is 2.01. The van der Waals surface area contributed by atoms with Gasteiger partial charge in [0.2, 0.25) is 0 Å². The first kappa shape index (κ1) is 17.9. The van der Waals surface area contributed by atoms with Gasteiger partial charge in [-0.15, -0.1) is 0 Å². The number of aromatic hydroxyl groups is 1. The van der Waals surface area contributed by atoms with Crippen molar-refractivity contribution in [3.8, 4) is 23.0 Å². The number of carboxylic acid groups (broad SMARTS) is 1. The van der Waals surface area contributed by atoms with Crippen LogP contribution in [0.15, 0.2) is 6.07 Å². The van der Waals surface area contributed by atoms with E-state index in [1.54, 1.807) is 0 Å². The molecule has 0 atom stereocenters. The van der Waals surface area contributed by atoms with Gasteiger partial charge in [-0.3, -0.25) is 0 Å². The van der Waals surface area contributed by atoms with E-state index < -0.39 is 6.16 Å². The van der Waals surface area contributed by atoms with Crippen LogP contribution in [0.5, 0.6) is 23.0 Å². The number of phenols is 1. The summed E-state index contributed by atoms with van der Waals surface area (Å²) in [5.74, 6) is 0.361. The Kier molecular flexibility index (Phi) is 6.82. The topological polar surface area (TPSA) is 85.2 Å². The zero-order valence-corrected chi connectivity index (χ0v) is 13.5. The zero-order chi connectivity index (χ0) is 16.7. The Labute approximate surface area is 130 Å². The molecule has 0 radical (unpaired) electrons. The van der Waals surface area contributed by atoms with E-state index in [1.165, 1.54) is 6.07 Å². The van der Waals surface area contributed by atoms with Gasteiger partial charge >= 0.3 is 6.16 Å². The maximum Gasteiger partial charge on any atom is 0.511 e. The molecule has 2 N–H and O–H groups in total. The van der Waals surface area contributed by atoms with Gasteiger partial charge in [-0.2, -0.15) is 0 Å². The van der Waals surface area contributed by atoms with Gasteiger partial charge in [0.25, 0.3) is 0 Å². The number of carbonyl (C=O) groups is 1. The Morgan fingerprint density at radius 2 is 1.73 bits per heavy atom. The first-order valence-electron chi connectivity index (χ1n) is 7.48. The predicted molar refractivity (Wildman–Crippen MR) is 82.4 cm³/mol. The molecule has 0 unspecified atom stereocenters. The molecule has 0 aromatic heterocycles. The van der Waals surface area contributed by atoms with Crippen molar-refractivity contribution in [3.05, 3.63) is 11.6 Å². The minimum atomic E-state index is -1.49. The minimum Gasteiger partial charge on any atom is -0.504 e. The van der Waals surface area contributed by atoms with Crippen LogP contribution >= 0.6 is 0 Å². The van der Waals surface area contributed by atoms with Crippen LogP contribution in [0.1, 0.15) is 52.0 Å². The summed E-state index contributed by atoms with van der Waals surface area (Å²) in [6, 6.07) is 1.36. The average Bonchev–Trinajstić information content (AvgIpc) is 2.44. The largest absolute Gasteiger partial charge is 0.511 e. The van der Waals surface area contributed by atoms with Gasteiger partial charge in [0.15, 0.2) is 23.0 Å². The molecule has 0 fully saturated rings. The highest BCUT2D eigenvalue weighted by Crippen LogP contribution is 2.47. The quantitative estimate of drug-likeness (QED) is 0.554. The lowest BCUT2D eigenvalue weighted by Crippen LogP contribution is -2.08. The fourth-order valence-electron chi connectivity index (χ4n) is 2.01. The zero-order valence-electron chi connectivity index (χ0n) is 13.5. The van der Waals surface area contributed by atoms with Crippen LogP contribution in [0.25, 0.3) is 0 Å². The standard InChI is InChI=1S/C16H24O6/c1-5-7-20-12-9-11(22-16(18)19)14(17)13(10(3)4)15(12)21-8-6-2/h9-10,17H,5-8H2,1-4H3,(H,18,19). The van der Waals surface area contributed by atoms with Gasteiger partial charge in [0.1, 0.15) is 0 Å². The van der Waals surface area contributed by atoms with Crippen LogP contribution in [-0.4, -0.2) is 29.6 Å². The molecule has 1 rings (SSSR count). The second-order valence-electron chi connectivity index (χ2n) is 5.18. The van der Waals surface area contributed by atoms with E-state index in [4.69, 9.17) is 14.6 Å². The molecular formula is C16H24O6. The van der Waals surface area contributed by atoms with Gasteiger partial charge in [0, 0.05) is 11.6 Å². The van der Waals surface area contributed by atoms with Crippen molar-refractivity contribution in [1.29, 1.82) is 0 Å². The Balaban J connectivity index is 3.40. The van der Waals surface area contributed by atoms with Crippen molar-refractivity contribution >= 4 is 6.16 Å². The van der Waals surface area contributed by atoms with Crippen molar-refractivity contribution in [2.75, 3.05) is 13.2 Å².